The molecule has 0 radical (unpaired) electrons. The summed E-state index contributed by atoms with van der Waals surface area (Å²) in [5.74, 6) is 0.241. The topological polar surface area (TPSA) is 38.1 Å². The first kappa shape index (κ1) is 16.9. The van der Waals surface area contributed by atoms with E-state index in [1.165, 1.54) is 11.1 Å². The number of fused-ring (bicyclic) bond motifs is 1. The Kier molecular flexibility index (Phi) is 4.55. The van der Waals surface area contributed by atoms with E-state index in [0.29, 0.717) is 13.1 Å². The lowest BCUT2D eigenvalue weighted by atomic mass is 9.86. The first-order valence-corrected chi connectivity index (χ1v) is 9.88. The summed E-state index contributed by atoms with van der Waals surface area (Å²) in [7, 11) is 1.93. The number of benzene rings is 2. The van der Waals surface area contributed by atoms with E-state index in [1.54, 1.807) is 11.8 Å². The van der Waals surface area contributed by atoms with Crippen LogP contribution in [0.15, 0.2) is 65.8 Å². The molecule has 0 saturated carbocycles. The van der Waals surface area contributed by atoms with Crippen LogP contribution in [0.25, 0.3) is 0 Å². The molecule has 0 bridgehead atoms. The van der Waals surface area contributed by atoms with Crippen LogP contribution in [0.4, 0.5) is 0 Å². The third-order valence-electron chi connectivity index (χ3n) is 4.93. The average molecular weight is 363 g/mol. The van der Waals surface area contributed by atoms with Crippen molar-refractivity contribution in [3.8, 4) is 0 Å². The maximum atomic E-state index is 13.2. The molecular formula is C21H21N3OS. The van der Waals surface area contributed by atoms with Gasteiger partial charge in [-0.1, -0.05) is 30.3 Å². The third kappa shape index (κ3) is 3.15. The van der Waals surface area contributed by atoms with Crippen LogP contribution >= 0.6 is 11.8 Å². The summed E-state index contributed by atoms with van der Waals surface area (Å²) in [6, 6.07) is 16.3. The molecule has 4 rings (SSSR count). The summed E-state index contributed by atoms with van der Waals surface area (Å²) in [6.07, 6.45) is 5.98. The average Bonchev–Trinajstić information content (AvgIpc) is 3.12. The number of nitrogens with zero attached hydrogens (tertiary/aromatic N) is 3. The number of carbonyl (C=O) groups excluding carboxylic acids is 1. The van der Waals surface area contributed by atoms with Crippen molar-refractivity contribution in [2.24, 2.45) is 7.05 Å². The van der Waals surface area contributed by atoms with Crippen molar-refractivity contribution in [3.05, 3.63) is 83.2 Å². The molecule has 2 heterocycles. The van der Waals surface area contributed by atoms with Crippen molar-refractivity contribution < 1.29 is 4.79 Å². The highest BCUT2D eigenvalue weighted by atomic mass is 32.2. The number of thioether (sulfide) groups is 1. The van der Waals surface area contributed by atoms with E-state index in [1.807, 2.05) is 65.6 Å². The molecule has 4 nitrogen and oxygen atoms in total. The minimum Gasteiger partial charge on any atom is -0.333 e. The van der Waals surface area contributed by atoms with Gasteiger partial charge in [0.05, 0.1) is 6.20 Å². The van der Waals surface area contributed by atoms with E-state index in [9.17, 15) is 4.79 Å². The second-order valence-corrected chi connectivity index (χ2v) is 7.50. The van der Waals surface area contributed by atoms with E-state index in [0.717, 1.165) is 16.0 Å². The number of rotatable bonds is 3. The Hall–Kier alpha value is -2.53. The van der Waals surface area contributed by atoms with Gasteiger partial charge in [0.25, 0.3) is 5.91 Å². The summed E-state index contributed by atoms with van der Waals surface area (Å²) in [4.78, 5) is 16.2. The molecule has 0 unspecified atom stereocenters. The van der Waals surface area contributed by atoms with Crippen molar-refractivity contribution in [2.75, 3.05) is 12.8 Å². The van der Waals surface area contributed by atoms with Crippen LogP contribution in [0.3, 0.4) is 0 Å². The van der Waals surface area contributed by atoms with Crippen LogP contribution in [-0.2, 0) is 13.6 Å². The smallest absolute Gasteiger partial charge is 0.254 e. The molecule has 1 amide bonds. The minimum atomic E-state index is 0.0873. The SMILES string of the molecule is CSc1cccc(C(=O)N2Cc3ccccc3[C@@H](c3cnn(C)c3)C2)c1. The van der Waals surface area contributed by atoms with Gasteiger partial charge in [0.2, 0.25) is 0 Å². The molecule has 1 aromatic heterocycles. The Labute approximate surface area is 157 Å². The normalized spacial score (nSPS) is 16.4. The molecule has 132 valence electrons. The van der Waals surface area contributed by atoms with Gasteiger partial charge in [0.1, 0.15) is 0 Å². The third-order valence-corrected chi connectivity index (χ3v) is 5.65. The molecule has 0 aliphatic carbocycles. The Morgan fingerprint density at radius 1 is 1.19 bits per heavy atom. The largest absolute Gasteiger partial charge is 0.333 e. The first-order valence-electron chi connectivity index (χ1n) is 8.65. The van der Waals surface area contributed by atoms with E-state index in [2.05, 4.69) is 23.3 Å². The fourth-order valence-electron chi connectivity index (χ4n) is 3.61. The van der Waals surface area contributed by atoms with E-state index in [-0.39, 0.29) is 11.8 Å². The number of aryl methyl sites for hydroxylation is 1. The van der Waals surface area contributed by atoms with Gasteiger partial charge in [-0.25, -0.2) is 0 Å². The number of amides is 1. The molecule has 0 spiro atoms. The van der Waals surface area contributed by atoms with Gasteiger partial charge in [-0.2, -0.15) is 5.10 Å². The summed E-state index contributed by atoms with van der Waals surface area (Å²) < 4.78 is 1.82. The fraction of sp³-hybridized carbons (Fsp3) is 0.238. The summed E-state index contributed by atoms with van der Waals surface area (Å²) in [6.45, 7) is 1.32. The lowest BCUT2D eigenvalue weighted by Gasteiger charge is -2.34. The van der Waals surface area contributed by atoms with E-state index in [4.69, 9.17) is 0 Å². The molecule has 0 fully saturated rings. The van der Waals surface area contributed by atoms with Gasteiger partial charge < -0.3 is 4.90 Å². The van der Waals surface area contributed by atoms with Crippen LogP contribution in [0, 0.1) is 0 Å². The predicted octanol–water partition coefficient (Wildman–Crippen LogP) is 3.93. The second kappa shape index (κ2) is 7.00. The highest BCUT2D eigenvalue weighted by Crippen LogP contribution is 2.34. The minimum absolute atomic E-state index is 0.0873. The quantitative estimate of drug-likeness (QED) is 0.662. The molecule has 1 aliphatic heterocycles. The Morgan fingerprint density at radius 3 is 2.81 bits per heavy atom. The zero-order chi connectivity index (χ0) is 18.1. The van der Waals surface area contributed by atoms with Gasteiger partial charge in [0, 0.05) is 42.7 Å². The number of hydrogen-bond acceptors (Lipinski definition) is 3. The first-order chi connectivity index (χ1) is 12.7. The molecule has 1 aliphatic rings. The lowest BCUT2D eigenvalue weighted by molar-refractivity contribution is 0.0724. The van der Waals surface area contributed by atoms with Crippen LogP contribution < -0.4 is 0 Å². The number of hydrogen-bond donors (Lipinski definition) is 0. The van der Waals surface area contributed by atoms with Crippen LogP contribution in [0.5, 0.6) is 0 Å². The molecule has 5 heteroatoms. The van der Waals surface area contributed by atoms with Crippen molar-refractivity contribution in [1.82, 2.24) is 14.7 Å². The fourth-order valence-corrected chi connectivity index (χ4v) is 4.06. The zero-order valence-corrected chi connectivity index (χ0v) is 15.7. The maximum absolute atomic E-state index is 13.2. The molecular weight excluding hydrogens is 342 g/mol. The number of carbonyl (C=O) groups is 1. The standard InChI is InChI=1S/C21H21N3OS/c1-23-12-17(11-22-23)20-14-24(13-16-6-3-4-9-19(16)20)21(25)15-7-5-8-18(10-15)26-2/h3-12,20H,13-14H2,1-2H3/t20-/m1/s1. The Bertz CT molecular complexity index is 950. The molecule has 2 aromatic carbocycles. The second-order valence-electron chi connectivity index (χ2n) is 6.62. The van der Waals surface area contributed by atoms with Gasteiger partial charge in [0.15, 0.2) is 0 Å². The lowest BCUT2D eigenvalue weighted by Crippen LogP contribution is -2.38. The van der Waals surface area contributed by atoms with Crippen LogP contribution in [0.2, 0.25) is 0 Å². The van der Waals surface area contributed by atoms with E-state index < -0.39 is 0 Å². The van der Waals surface area contributed by atoms with Gasteiger partial charge in [-0.05, 0) is 41.1 Å². The molecule has 0 N–H and O–H groups in total. The highest BCUT2D eigenvalue weighted by molar-refractivity contribution is 7.98. The van der Waals surface area contributed by atoms with Gasteiger partial charge in [-0.3, -0.25) is 9.48 Å². The Balaban J connectivity index is 1.69. The van der Waals surface area contributed by atoms with Crippen LogP contribution in [-0.4, -0.2) is 33.4 Å². The maximum Gasteiger partial charge on any atom is 0.254 e. The van der Waals surface area contributed by atoms with Crippen molar-refractivity contribution in [1.29, 1.82) is 0 Å². The van der Waals surface area contributed by atoms with Gasteiger partial charge >= 0.3 is 0 Å². The monoisotopic (exact) mass is 363 g/mol. The molecule has 1 atom stereocenters. The molecule has 26 heavy (non-hydrogen) atoms. The molecule has 3 aromatic rings. The van der Waals surface area contributed by atoms with Crippen LogP contribution in [0.1, 0.15) is 33.0 Å². The van der Waals surface area contributed by atoms with Crippen molar-refractivity contribution >= 4 is 17.7 Å². The van der Waals surface area contributed by atoms with Crippen molar-refractivity contribution in [3.63, 3.8) is 0 Å². The predicted molar refractivity (Wildman–Crippen MR) is 104 cm³/mol. The Morgan fingerprint density at radius 2 is 2.04 bits per heavy atom. The highest BCUT2D eigenvalue weighted by Gasteiger charge is 2.30. The molecule has 0 saturated heterocycles. The van der Waals surface area contributed by atoms with Crippen molar-refractivity contribution in [2.45, 2.75) is 17.4 Å². The summed E-state index contributed by atoms with van der Waals surface area (Å²) in [5.41, 5.74) is 4.40. The number of aromatic nitrogens is 2. The zero-order valence-electron chi connectivity index (χ0n) is 14.9. The summed E-state index contributed by atoms with van der Waals surface area (Å²) >= 11 is 1.65. The van der Waals surface area contributed by atoms with Gasteiger partial charge in [-0.15, -0.1) is 11.8 Å². The van der Waals surface area contributed by atoms with E-state index >= 15 is 0 Å². The summed E-state index contributed by atoms with van der Waals surface area (Å²) in [5, 5.41) is 4.33.